The molecule has 13 heteroatoms. The summed E-state index contributed by atoms with van der Waals surface area (Å²) in [4.78, 5) is 40.2. The zero-order valence-electron chi connectivity index (χ0n) is 38.7. The van der Waals surface area contributed by atoms with Gasteiger partial charge in [0.25, 0.3) is 0 Å². The van der Waals surface area contributed by atoms with Crippen molar-refractivity contribution in [1.82, 2.24) is 5.32 Å². The molecule has 18 atom stereocenters. The van der Waals surface area contributed by atoms with Crippen molar-refractivity contribution in [2.75, 3.05) is 0 Å². The Labute approximate surface area is 369 Å². The number of aliphatic hydroxyl groups is 2. The van der Waals surface area contributed by atoms with E-state index in [1.807, 2.05) is 59.8 Å². The summed E-state index contributed by atoms with van der Waals surface area (Å²) in [6.45, 7) is 19.6. The summed E-state index contributed by atoms with van der Waals surface area (Å²) >= 11 is 0. The van der Waals surface area contributed by atoms with Gasteiger partial charge in [0.05, 0.1) is 53.7 Å². The van der Waals surface area contributed by atoms with Crippen LogP contribution < -0.4 is 10.1 Å². The minimum atomic E-state index is -1.40. The fourth-order valence-electron chi connectivity index (χ4n) is 11.4. The second-order valence-electron chi connectivity index (χ2n) is 19.8. The third-order valence-electron chi connectivity index (χ3n) is 15.7. The first kappa shape index (κ1) is 48.5. The Balaban J connectivity index is 1.24. The van der Waals surface area contributed by atoms with Crippen LogP contribution in [0.15, 0.2) is 42.5 Å². The number of carbonyl (C=O) groups excluding carboxylic acids is 2. The van der Waals surface area contributed by atoms with E-state index in [-0.39, 0.29) is 29.6 Å². The molecule has 0 aliphatic carbocycles. The lowest BCUT2D eigenvalue weighted by Gasteiger charge is -2.55. The molecular formula is C49H75NO12. The first-order valence-electron chi connectivity index (χ1n) is 23.5. The maximum absolute atomic E-state index is 14.7. The number of ether oxygens (including phenoxy) is 6. The van der Waals surface area contributed by atoms with Crippen molar-refractivity contribution in [1.29, 1.82) is 0 Å². The van der Waals surface area contributed by atoms with Gasteiger partial charge in [0.2, 0.25) is 0 Å². The lowest BCUT2D eigenvalue weighted by molar-refractivity contribution is -0.398. The number of rotatable bonds is 14. The summed E-state index contributed by atoms with van der Waals surface area (Å²) < 4.78 is 40.1. The van der Waals surface area contributed by atoms with Crippen LogP contribution in [0.3, 0.4) is 0 Å². The quantitative estimate of drug-likeness (QED) is 0.133. The fourth-order valence-corrected chi connectivity index (χ4v) is 11.4. The highest BCUT2D eigenvalue weighted by Crippen LogP contribution is 2.54. The van der Waals surface area contributed by atoms with Crippen molar-refractivity contribution in [3.05, 3.63) is 42.5 Å². The van der Waals surface area contributed by atoms with E-state index in [2.05, 4.69) is 26.1 Å². The SMILES string of the molecule is CCC(C(=O)[C@@H](C)[C@@H](O)[C@H](C)[C@@H]1O[C@@H]([C@@H](CC)C(=O)O)CC[C@@H]1C)[C@H]1O[C@]2(C=C[C@@H](NC(=O)Oc3ccccc3)[C@]3(CC[C@@](C)([C@H]4CC[C@](O)(CC)[C@H](C)O4)O3)O2)[C@H](C)C[C@@H]1C. The van der Waals surface area contributed by atoms with Crippen LogP contribution in [0, 0.1) is 41.4 Å². The standard InChI is InChI=1S/C49H75NO12/c1-11-35(44(53)54)37-20-19-28(4)42(59-37)32(8)40(51)31(7)41(52)36(12-2)43-29(5)27-30(6)48(60-43)24-21-38(50-45(55)58-34-17-15-14-16-18-34)49(62-48)26-25-46(10,61-49)39-22-23-47(56,13-3)33(9)57-39/h14-18,21,24,28-33,35-40,42-43,51,56H,11-13,19-20,22-23,25-27H2,1-10H3,(H,50,55)(H,53,54)/t28-,29-,30+,31-,32-,33-,35+,36?,37+,38+,39+,40+,42+,43-,46-,47+,48-,49-/m0/s1. The number of nitrogens with one attached hydrogen (secondary N) is 1. The molecule has 1 unspecified atom stereocenters. The summed E-state index contributed by atoms with van der Waals surface area (Å²) in [7, 11) is 0. The maximum atomic E-state index is 14.7. The van der Waals surface area contributed by atoms with Crippen LogP contribution in [0.1, 0.15) is 133 Å². The number of para-hydroxylation sites is 1. The summed E-state index contributed by atoms with van der Waals surface area (Å²) in [5.41, 5.74) is -1.76. The number of Topliss-reactive ketones (excluding diaryl/α,β-unsaturated/α-hetero) is 1. The summed E-state index contributed by atoms with van der Waals surface area (Å²) in [6, 6.07) is 8.04. The average Bonchev–Trinajstić information content (AvgIpc) is 3.59. The minimum absolute atomic E-state index is 0.0374. The Hall–Kier alpha value is -2.91. The smallest absolute Gasteiger partial charge is 0.413 e. The molecule has 4 fully saturated rings. The molecule has 0 radical (unpaired) electrons. The van der Waals surface area contributed by atoms with Crippen molar-refractivity contribution in [3.8, 4) is 5.75 Å². The lowest BCUT2D eigenvalue weighted by atomic mass is 9.72. The molecule has 5 heterocycles. The molecule has 4 N–H and O–H groups in total. The third-order valence-corrected chi connectivity index (χ3v) is 15.7. The van der Waals surface area contributed by atoms with Crippen LogP contribution in [-0.2, 0) is 33.3 Å². The zero-order valence-corrected chi connectivity index (χ0v) is 38.7. The van der Waals surface area contributed by atoms with Crippen LogP contribution in [0.4, 0.5) is 4.79 Å². The number of carbonyl (C=O) groups is 3. The van der Waals surface area contributed by atoms with E-state index in [0.29, 0.717) is 63.5 Å². The fraction of sp³-hybridized carbons (Fsp3) is 0.776. The van der Waals surface area contributed by atoms with Crippen LogP contribution in [0.25, 0.3) is 0 Å². The van der Waals surface area contributed by atoms with Crippen molar-refractivity contribution in [3.63, 3.8) is 0 Å². The number of carboxylic acids is 1. The molecule has 1 aromatic carbocycles. The zero-order chi connectivity index (χ0) is 45.4. The highest BCUT2D eigenvalue weighted by Gasteiger charge is 2.63. The first-order valence-corrected chi connectivity index (χ1v) is 23.5. The number of hydrogen-bond donors (Lipinski definition) is 4. The van der Waals surface area contributed by atoms with Crippen LogP contribution in [0.5, 0.6) is 5.75 Å². The van der Waals surface area contributed by atoms with Crippen LogP contribution >= 0.6 is 0 Å². The molecule has 62 heavy (non-hydrogen) atoms. The topological polar surface area (TPSA) is 179 Å². The Kier molecular flexibility index (Phi) is 15.1. The molecule has 0 bridgehead atoms. The molecule has 5 aliphatic heterocycles. The van der Waals surface area contributed by atoms with E-state index < -0.39 is 95.1 Å². The van der Waals surface area contributed by atoms with Gasteiger partial charge in [-0.1, -0.05) is 79.7 Å². The van der Waals surface area contributed by atoms with Gasteiger partial charge in [0.1, 0.15) is 17.6 Å². The van der Waals surface area contributed by atoms with Gasteiger partial charge in [-0.05, 0) is 102 Å². The van der Waals surface area contributed by atoms with Gasteiger partial charge in [0, 0.05) is 30.1 Å². The van der Waals surface area contributed by atoms with Crippen molar-refractivity contribution >= 4 is 17.8 Å². The monoisotopic (exact) mass is 870 g/mol. The van der Waals surface area contributed by atoms with Gasteiger partial charge in [-0.2, -0.15) is 0 Å². The minimum Gasteiger partial charge on any atom is -0.481 e. The molecule has 0 aromatic heterocycles. The molecular weight excluding hydrogens is 795 g/mol. The molecule has 4 saturated heterocycles. The Morgan fingerprint density at radius 2 is 1.58 bits per heavy atom. The number of aliphatic carboxylic acids is 1. The van der Waals surface area contributed by atoms with Gasteiger partial charge >= 0.3 is 12.1 Å². The molecule has 5 aliphatic rings. The van der Waals surface area contributed by atoms with Crippen LogP contribution in [-0.4, -0.2) is 98.6 Å². The summed E-state index contributed by atoms with van der Waals surface area (Å²) in [5.74, 6) is -5.83. The second-order valence-corrected chi connectivity index (χ2v) is 19.8. The largest absolute Gasteiger partial charge is 0.481 e. The highest BCUT2D eigenvalue weighted by molar-refractivity contribution is 5.84. The molecule has 2 spiro atoms. The van der Waals surface area contributed by atoms with E-state index in [1.165, 1.54) is 0 Å². The highest BCUT2D eigenvalue weighted by atomic mass is 16.8. The van der Waals surface area contributed by atoms with Crippen molar-refractivity contribution in [2.45, 2.75) is 199 Å². The van der Waals surface area contributed by atoms with E-state index in [1.54, 1.807) is 31.2 Å². The molecule has 348 valence electrons. The van der Waals surface area contributed by atoms with Crippen molar-refractivity contribution < 1.29 is 58.1 Å². The van der Waals surface area contributed by atoms with E-state index >= 15 is 0 Å². The molecule has 0 saturated carbocycles. The van der Waals surface area contributed by atoms with Gasteiger partial charge in [-0.25, -0.2) is 4.79 Å². The maximum Gasteiger partial charge on any atom is 0.413 e. The van der Waals surface area contributed by atoms with E-state index in [0.717, 1.165) is 6.42 Å². The number of hydrogen-bond acceptors (Lipinski definition) is 11. The lowest BCUT2D eigenvalue weighted by Crippen LogP contribution is -2.66. The number of amides is 1. The van der Waals surface area contributed by atoms with Gasteiger partial charge < -0.3 is 49.1 Å². The predicted molar refractivity (Wildman–Crippen MR) is 232 cm³/mol. The van der Waals surface area contributed by atoms with Crippen LogP contribution in [0.2, 0.25) is 0 Å². The number of benzene rings is 1. The number of ketones is 1. The van der Waals surface area contributed by atoms with E-state index in [9.17, 15) is 29.7 Å². The summed E-state index contributed by atoms with van der Waals surface area (Å²) in [5, 5.41) is 36.0. The third kappa shape index (κ3) is 9.56. The summed E-state index contributed by atoms with van der Waals surface area (Å²) in [6.07, 6.45) is 5.51. The molecule has 13 nitrogen and oxygen atoms in total. The van der Waals surface area contributed by atoms with Gasteiger partial charge in [0.15, 0.2) is 11.6 Å². The Morgan fingerprint density at radius 3 is 2.21 bits per heavy atom. The molecule has 6 rings (SSSR count). The Morgan fingerprint density at radius 1 is 0.887 bits per heavy atom. The van der Waals surface area contributed by atoms with Crippen molar-refractivity contribution in [2.24, 2.45) is 41.4 Å². The first-order chi connectivity index (χ1) is 29.3. The van der Waals surface area contributed by atoms with E-state index in [4.69, 9.17) is 28.4 Å². The number of aliphatic hydroxyl groups excluding tert-OH is 1. The molecule has 1 amide bonds. The Bertz CT molecular complexity index is 1740. The normalized spacial score (nSPS) is 40.9. The molecule has 1 aromatic rings. The number of carboxylic acid groups (broad SMARTS) is 1. The average molecular weight is 870 g/mol. The predicted octanol–water partition coefficient (Wildman–Crippen LogP) is 7.98. The van der Waals surface area contributed by atoms with Gasteiger partial charge in [-0.3, -0.25) is 9.59 Å². The van der Waals surface area contributed by atoms with Gasteiger partial charge in [-0.15, -0.1) is 0 Å². The second kappa shape index (κ2) is 19.3.